The van der Waals surface area contributed by atoms with E-state index in [2.05, 4.69) is 19.9 Å². The monoisotopic (exact) mass is 650 g/mol. The van der Waals surface area contributed by atoms with Crippen LogP contribution in [-0.4, -0.2) is 36.9 Å². The number of hydrogen-bond acceptors (Lipinski definition) is 8. The van der Waals surface area contributed by atoms with Gasteiger partial charge < -0.3 is 14.6 Å². The summed E-state index contributed by atoms with van der Waals surface area (Å²) in [7, 11) is 0. The second-order valence-electron chi connectivity index (χ2n) is 12.4. The van der Waals surface area contributed by atoms with Crippen LogP contribution in [0.15, 0.2) is 97.6 Å². The Hall–Kier alpha value is -5.35. The summed E-state index contributed by atoms with van der Waals surface area (Å²) in [5.41, 5.74) is 0.456. The SMILES string of the molecule is CC(=O)C(C)(C)c1ncccc1Oc1cnc2c(F)cccc2c1.CC(O)C(C)(C)c1ncccc1Oc1cnc2c(F)cccc2c1. The van der Waals surface area contributed by atoms with Crippen LogP contribution in [0.3, 0.4) is 0 Å². The molecular formula is C38H36F2N4O4. The van der Waals surface area contributed by atoms with Gasteiger partial charge in [0.05, 0.1) is 35.3 Å². The molecular weight excluding hydrogens is 614 g/mol. The molecule has 10 heteroatoms. The fourth-order valence-electron chi connectivity index (χ4n) is 4.84. The zero-order valence-electron chi connectivity index (χ0n) is 27.5. The summed E-state index contributed by atoms with van der Waals surface area (Å²) in [5, 5.41) is 11.3. The van der Waals surface area contributed by atoms with Crippen LogP contribution in [0, 0.1) is 11.6 Å². The molecule has 0 saturated carbocycles. The summed E-state index contributed by atoms with van der Waals surface area (Å²) in [4.78, 5) is 28.9. The molecule has 4 heterocycles. The number of Topliss-reactive ketones (excluding diaryl/α,β-unsaturated/α-hetero) is 1. The molecule has 1 N–H and O–H groups in total. The molecule has 0 amide bonds. The van der Waals surface area contributed by atoms with Gasteiger partial charge in [0.1, 0.15) is 51.4 Å². The number of rotatable bonds is 8. The van der Waals surface area contributed by atoms with Crippen molar-refractivity contribution >= 4 is 27.6 Å². The van der Waals surface area contributed by atoms with Crippen LogP contribution >= 0.6 is 0 Å². The van der Waals surface area contributed by atoms with Crippen molar-refractivity contribution in [2.45, 2.75) is 58.5 Å². The molecule has 48 heavy (non-hydrogen) atoms. The predicted molar refractivity (Wildman–Crippen MR) is 180 cm³/mol. The molecule has 0 aliphatic carbocycles. The minimum atomic E-state index is -0.771. The van der Waals surface area contributed by atoms with Gasteiger partial charge in [-0.25, -0.2) is 18.7 Å². The van der Waals surface area contributed by atoms with Gasteiger partial charge in [0.25, 0.3) is 0 Å². The Morgan fingerprint density at radius 3 is 1.62 bits per heavy atom. The lowest BCUT2D eigenvalue weighted by molar-refractivity contribution is -0.121. The molecule has 6 aromatic rings. The molecule has 6 rings (SSSR count). The molecule has 0 bridgehead atoms. The average Bonchev–Trinajstić information content (AvgIpc) is 3.05. The van der Waals surface area contributed by atoms with Crippen molar-refractivity contribution in [1.82, 2.24) is 19.9 Å². The highest BCUT2D eigenvalue weighted by atomic mass is 19.1. The number of ketones is 1. The van der Waals surface area contributed by atoms with E-state index in [1.165, 1.54) is 31.5 Å². The largest absolute Gasteiger partial charge is 0.454 e. The first-order valence-corrected chi connectivity index (χ1v) is 15.3. The second-order valence-corrected chi connectivity index (χ2v) is 12.4. The molecule has 0 spiro atoms. The highest BCUT2D eigenvalue weighted by molar-refractivity contribution is 5.87. The summed E-state index contributed by atoms with van der Waals surface area (Å²) in [6, 6.07) is 20.0. The zero-order valence-corrected chi connectivity index (χ0v) is 27.5. The molecule has 0 fully saturated rings. The number of nitrogens with zero attached hydrogens (tertiary/aromatic N) is 4. The van der Waals surface area contributed by atoms with E-state index in [0.29, 0.717) is 56.2 Å². The second kappa shape index (κ2) is 13.8. The Bertz CT molecular complexity index is 2100. The Balaban J connectivity index is 0.000000188. The first-order chi connectivity index (χ1) is 22.8. The van der Waals surface area contributed by atoms with Crippen LogP contribution in [0.2, 0.25) is 0 Å². The lowest BCUT2D eigenvalue weighted by Gasteiger charge is -2.28. The quantitative estimate of drug-likeness (QED) is 0.174. The van der Waals surface area contributed by atoms with Crippen LogP contribution in [0.4, 0.5) is 8.78 Å². The number of aliphatic hydroxyl groups excluding tert-OH is 1. The number of para-hydroxylation sites is 2. The normalized spacial score (nSPS) is 12.3. The van der Waals surface area contributed by atoms with Crippen LogP contribution in [-0.2, 0) is 15.6 Å². The summed E-state index contributed by atoms with van der Waals surface area (Å²) >= 11 is 0. The van der Waals surface area contributed by atoms with Gasteiger partial charge >= 0.3 is 0 Å². The van der Waals surface area contributed by atoms with Gasteiger partial charge in [0.2, 0.25) is 0 Å². The van der Waals surface area contributed by atoms with E-state index in [1.807, 2.05) is 13.8 Å². The fraction of sp³-hybridized carbons (Fsp3) is 0.237. The van der Waals surface area contributed by atoms with E-state index < -0.39 is 16.9 Å². The number of carbonyl (C=O) groups excluding carboxylic acids is 1. The molecule has 1 atom stereocenters. The van der Waals surface area contributed by atoms with Crippen molar-refractivity contribution in [2.24, 2.45) is 0 Å². The predicted octanol–water partition coefficient (Wildman–Crippen LogP) is 8.65. The van der Waals surface area contributed by atoms with Crippen LogP contribution in [0.1, 0.15) is 52.9 Å². The van der Waals surface area contributed by atoms with Gasteiger partial charge in [-0.15, -0.1) is 0 Å². The van der Waals surface area contributed by atoms with Crippen molar-refractivity contribution in [3.63, 3.8) is 0 Å². The van der Waals surface area contributed by atoms with E-state index >= 15 is 0 Å². The molecule has 1 unspecified atom stereocenters. The van der Waals surface area contributed by atoms with Gasteiger partial charge in [-0.2, -0.15) is 0 Å². The maximum Gasteiger partial charge on any atom is 0.150 e. The molecule has 4 aromatic heterocycles. The van der Waals surface area contributed by atoms with Crippen molar-refractivity contribution in [2.75, 3.05) is 0 Å². The average molecular weight is 651 g/mol. The maximum atomic E-state index is 13.7. The molecule has 0 aliphatic heterocycles. The number of carbonyl (C=O) groups is 1. The fourth-order valence-corrected chi connectivity index (χ4v) is 4.84. The number of aliphatic hydroxyl groups is 1. The third-order valence-corrected chi connectivity index (χ3v) is 8.40. The zero-order chi connectivity index (χ0) is 34.6. The molecule has 2 aromatic carbocycles. The van der Waals surface area contributed by atoms with Crippen LogP contribution < -0.4 is 9.47 Å². The first kappa shape index (κ1) is 34.0. The molecule has 0 saturated heterocycles. The number of fused-ring (bicyclic) bond motifs is 2. The van der Waals surface area contributed by atoms with Gasteiger partial charge in [-0.3, -0.25) is 14.8 Å². The van der Waals surface area contributed by atoms with E-state index in [9.17, 15) is 18.7 Å². The van der Waals surface area contributed by atoms with Crippen LogP contribution in [0.25, 0.3) is 21.8 Å². The van der Waals surface area contributed by atoms with E-state index in [1.54, 1.807) is 93.8 Å². The minimum Gasteiger partial charge on any atom is -0.454 e. The Morgan fingerprint density at radius 2 is 1.17 bits per heavy atom. The number of benzene rings is 2. The van der Waals surface area contributed by atoms with Crippen molar-refractivity contribution in [3.05, 3.63) is 121 Å². The Kier molecular flexibility index (Phi) is 9.77. The lowest BCUT2D eigenvalue weighted by Crippen LogP contribution is -2.32. The van der Waals surface area contributed by atoms with Gasteiger partial charge in [0.15, 0.2) is 0 Å². The van der Waals surface area contributed by atoms with Gasteiger partial charge in [-0.1, -0.05) is 38.1 Å². The van der Waals surface area contributed by atoms with Crippen molar-refractivity contribution < 1.29 is 28.2 Å². The highest BCUT2D eigenvalue weighted by Gasteiger charge is 2.32. The molecule has 0 aliphatic rings. The number of halogens is 2. The van der Waals surface area contributed by atoms with Gasteiger partial charge in [0, 0.05) is 28.6 Å². The number of aromatic nitrogens is 4. The topological polar surface area (TPSA) is 107 Å². The molecule has 246 valence electrons. The van der Waals surface area contributed by atoms with Crippen molar-refractivity contribution in [3.8, 4) is 23.0 Å². The Labute approximate surface area is 277 Å². The molecule has 0 radical (unpaired) electrons. The third kappa shape index (κ3) is 7.13. The lowest BCUT2D eigenvalue weighted by atomic mass is 9.83. The van der Waals surface area contributed by atoms with E-state index in [0.717, 1.165) is 0 Å². The number of ether oxygens (including phenoxy) is 2. The van der Waals surface area contributed by atoms with Crippen LogP contribution in [0.5, 0.6) is 23.0 Å². The summed E-state index contributed by atoms with van der Waals surface area (Å²) in [6.07, 6.45) is 5.64. The molecule has 8 nitrogen and oxygen atoms in total. The smallest absolute Gasteiger partial charge is 0.150 e. The number of hydrogen-bond donors (Lipinski definition) is 1. The summed E-state index contributed by atoms with van der Waals surface area (Å²) in [6.45, 7) is 10.7. The van der Waals surface area contributed by atoms with Crippen molar-refractivity contribution in [1.29, 1.82) is 0 Å². The third-order valence-electron chi connectivity index (χ3n) is 8.40. The summed E-state index contributed by atoms with van der Waals surface area (Å²) in [5.74, 6) is 1.22. The van der Waals surface area contributed by atoms with E-state index in [-0.39, 0.29) is 17.4 Å². The minimum absolute atomic E-state index is 0.00948. The Morgan fingerprint density at radius 1 is 0.708 bits per heavy atom. The standard InChI is InChI=1S/C19H19FN2O2.C19H17FN2O2/c2*1-12(23)19(2,3)18-16(8-5-9-21-18)24-14-10-13-6-4-7-15(20)17(13)22-11-14/h4-12,23H,1-3H3;4-11H,1-3H3. The highest BCUT2D eigenvalue weighted by Crippen LogP contribution is 2.36. The summed E-state index contributed by atoms with van der Waals surface area (Å²) < 4.78 is 39.2. The maximum absolute atomic E-state index is 13.7. The van der Waals surface area contributed by atoms with Gasteiger partial charge in [-0.05, 0) is 76.2 Å². The first-order valence-electron chi connectivity index (χ1n) is 15.3. The van der Waals surface area contributed by atoms with E-state index in [4.69, 9.17) is 9.47 Å². The number of pyridine rings is 4.